The number of pyridine rings is 1. The van der Waals surface area contributed by atoms with E-state index >= 15 is 0 Å². The Morgan fingerprint density at radius 3 is 2.83 bits per heavy atom. The first-order valence-corrected chi connectivity index (χ1v) is 8.00. The highest BCUT2D eigenvalue weighted by atomic mass is 16.6. The van der Waals surface area contributed by atoms with Gasteiger partial charge in [0, 0.05) is 43.9 Å². The molecule has 1 N–H and O–H groups in total. The number of rotatable bonds is 2. The summed E-state index contributed by atoms with van der Waals surface area (Å²) in [6.45, 7) is 4.09. The van der Waals surface area contributed by atoms with E-state index in [1.165, 1.54) is 6.07 Å². The summed E-state index contributed by atoms with van der Waals surface area (Å²) >= 11 is 0. The maximum Gasteiger partial charge on any atom is 0.407 e. The van der Waals surface area contributed by atoms with E-state index in [2.05, 4.69) is 5.32 Å². The number of alkyl carbamates (subject to hydrolysis) is 1. The number of ether oxygens (including phenoxy) is 1. The zero-order chi connectivity index (χ0) is 16.4. The van der Waals surface area contributed by atoms with Crippen LogP contribution in [0.1, 0.15) is 36.5 Å². The van der Waals surface area contributed by atoms with Gasteiger partial charge < -0.3 is 19.5 Å². The molecule has 23 heavy (non-hydrogen) atoms. The number of hydrogen-bond acceptors (Lipinski definition) is 4. The number of hydrogen-bond donors (Lipinski definition) is 1. The number of carbonyl (C=O) groups excluding carboxylic acids is 2. The Labute approximate surface area is 134 Å². The molecule has 3 rings (SSSR count). The monoisotopic (exact) mass is 319 g/mol. The van der Waals surface area contributed by atoms with Crippen molar-refractivity contribution in [2.45, 2.75) is 38.3 Å². The van der Waals surface area contributed by atoms with Crippen molar-refractivity contribution in [2.75, 3.05) is 19.6 Å². The maximum atomic E-state index is 12.6. The van der Waals surface area contributed by atoms with E-state index in [4.69, 9.17) is 4.74 Å². The second-order valence-corrected chi connectivity index (χ2v) is 6.11. The number of likely N-dealkylation sites (tertiary alicyclic amines) is 1. The van der Waals surface area contributed by atoms with Crippen LogP contribution in [-0.2, 0) is 11.3 Å². The van der Waals surface area contributed by atoms with Crippen molar-refractivity contribution in [3.8, 4) is 0 Å². The van der Waals surface area contributed by atoms with Gasteiger partial charge in [0.2, 0.25) is 0 Å². The van der Waals surface area contributed by atoms with Gasteiger partial charge in [-0.25, -0.2) is 4.79 Å². The highest BCUT2D eigenvalue weighted by Gasteiger charge is 2.41. The second kappa shape index (κ2) is 6.06. The number of nitrogens with zero attached hydrogens (tertiary/aromatic N) is 2. The normalized spacial score (nSPS) is 24.2. The minimum atomic E-state index is -0.488. The summed E-state index contributed by atoms with van der Waals surface area (Å²) in [7, 11) is 0. The Hall–Kier alpha value is -2.31. The first-order chi connectivity index (χ1) is 11.0. The fourth-order valence-corrected chi connectivity index (χ4v) is 3.24. The van der Waals surface area contributed by atoms with Gasteiger partial charge in [-0.2, -0.15) is 0 Å². The molecule has 2 amide bonds. The molecule has 7 nitrogen and oxygen atoms in total. The number of aromatic nitrogens is 1. The molecule has 124 valence electrons. The molecule has 2 aliphatic heterocycles. The Kier molecular flexibility index (Phi) is 4.11. The van der Waals surface area contributed by atoms with E-state index in [0.29, 0.717) is 38.2 Å². The van der Waals surface area contributed by atoms with Crippen molar-refractivity contribution >= 4 is 12.0 Å². The smallest absolute Gasteiger partial charge is 0.407 e. The second-order valence-electron chi connectivity index (χ2n) is 6.11. The predicted molar refractivity (Wildman–Crippen MR) is 83.3 cm³/mol. The fourth-order valence-electron chi connectivity index (χ4n) is 3.24. The lowest BCUT2D eigenvalue weighted by molar-refractivity contribution is 0.0438. The molecule has 0 aromatic carbocycles. The molecular formula is C16H21N3O4. The molecule has 7 heteroatoms. The molecule has 0 aliphatic carbocycles. The summed E-state index contributed by atoms with van der Waals surface area (Å²) < 4.78 is 6.97. The Bertz CT molecular complexity index is 684. The van der Waals surface area contributed by atoms with Gasteiger partial charge in [-0.15, -0.1) is 0 Å². The van der Waals surface area contributed by atoms with E-state index in [1.54, 1.807) is 21.7 Å². The topological polar surface area (TPSA) is 80.6 Å². The quantitative estimate of drug-likeness (QED) is 0.881. The van der Waals surface area contributed by atoms with E-state index in [0.717, 1.165) is 12.8 Å². The highest BCUT2D eigenvalue weighted by Crippen LogP contribution is 2.29. The zero-order valence-electron chi connectivity index (χ0n) is 13.2. The van der Waals surface area contributed by atoms with Gasteiger partial charge in [-0.05, 0) is 25.8 Å². The highest BCUT2D eigenvalue weighted by molar-refractivity contribution is 5.94. The summed E-state index contributed by atoms with van der Waals surface area (Å²) in [5.74, 6) is -0.139. The van der Waals surface area contributed by atoms with Gasteiger partial charge >= 0.3 is 6.09 Å². The number of aryl methyl sites for hydroxylation is 1. The summed E-state index contributed by atoms with van der Waals surface area (Å²) in [5.41, 5.74) is -0.242. The summed E-state index contributed by atoms with van der Waals surface area (Å²) in [4.78, 5) is 37.6. The third kappa shape index (κ3) is 3.09. The van der Waals surface area contributed by atoms with Crippen molar-refractivity contribution in [1.82, 2.24) is 14.8 Å². The van der Waals surface area contributed by atoms with Crippen LogP contribution in [0.15, 0.2) is 23.1 Å². The van der Waals surface area contributed by atoms with Crippen molar-refractivity contribution in [2.24, 2.45) is 0 Å². The largest absolute Gasteiger partial charge is 0.441 e. The minimum Gasteiger partial charge on any atom is -0.441 e. The van der Waals surface area contributed by atoms with Crippen LogP contribution >= 0.6 is 0 Å². The van der Waals surface area contributed by atoms with Crippen LogP contribution in [0.25, 0.3) is 0 Å². The summed E-state index contributed by atoms with van der Waals surface area (Å²) in [5, 5.41) is 2.70. The van der Waals surface area contributed by atoms with Crippen molar-refractivity contribution < 1.29 is 14.3 Å². The molecule has 2 aliphatic rings. The van der Waals surface area contributed by atoms with Gasteiger partial charge in [-0.1, -0.05) is 0 Å². The van der Waals surface area contributed by atoms with Gasteiger partial charge in [0.25, 0.3) is 11.5 Å². The van der Waals surface area contributed by atoms with Crippen LogP contribution < -0.4 is 10.9 Å². The lowest BCUT2D eigenvalue weighted by Crippen LogP contribution is -2.37. The minimum absolute atomic E-state index is 0.139. The van der Waals surface area contributed by atoms with Gasteiger partial charge in [0.15, 0.2) is 0 Å². The van der Waals surface area contributed by atoms with Gasteiger partial charge in [0.1, 0.15) is 5.60 Å². The molecule has 0 bridgehead atoms. The fraction of sp³-hybridized carbons (Fsp3) is 0.562. The first-order valence-electron chi connectivity index (χ1n) is 8.00. The molecule has 0 radical (unpaired) electrons. The molecule has 2 fully saturated rings. The predicted octanol–water partition coefficient (Wildman–Crippen LogP) is 0.973. The van der Waals surface area contributed by atoms with Crippen LogP contribution in [0.4, 0.5) is 4.79 Å². The van der Waals surface area contributed by atoms with Gasteiger partial charge in [0.05, 0.1) is 6.54 Å². The molecule has 1 atom stereocenters. The van der Waals surface area contributed by atoms with E-state index < -0.39 is 5.60 Å². The molecule has 1 unspecified atom stereocenters. The van der Waals surface area contributed by atoms with Crippen LogP contribution in [-0.4, -0.2) is 46.7 Å². The maximum absolute atomic E-state index is 12.6. The molecule has 1 spiro atoms. The van der Waals surface area contributed by atoms with Crippen molar-refractivity contribution in [3.63, 3.8) is 0 Å². The Morgan fingerprint density at radius 1 is 1.35 bits per heavy atom. The number of amides is 2. The molecule has 1 aromatic rings. The van der Waals surface area contributed by atoms with Crippen LogP contribution in [0.5, 0.6) is 0 Å². The third-order valence-corrected chi connectivity index (χ3v) is 4.63. The van der Waals surface area contributed by atoms with E-state index in [-0.39, 0.29) is 17.6 Å². The van der Waals surface area contributed by atoms with Crippen LogP contribution in [0.3, 0.4) is 0 Å². The van der Waals surface area contributed by atoms with E-state index in [9.17, 15) is 14.4 Å². The van der Waals surface area contributed by atoms with Crippen molar-refractivity contribution in [1.29, 1.82) is 0 Å². The average Bonchev–Trinajstić information content (AvgIpc) is 2.78. The van der Waals surface area contributed by atoms with Gasteiger partial charge in [-0.3, -0.25) is 9.59 Å². The third-order valence-electron chi connectivity index (χ3n) is 4.63. The lowest BCUT2D eigenvalue weighted by atomic mass is 9.95. The average molecular weight is 319 g/mol. The lowest BCUT2D eigenvalue weighted by Gasteiger charge is -2.25. The Morgan fingerprint density at radius 2 is 2.17 bits per heavy atom. The molecular weight excluding hydrogens is 298 g/mol. The first kappa shape index (κ1) is 15.6. The standard InChI is InChI=1S/C16H21N3O4/c1-2-18-8-4-12(10-13(18)20)14(21)19-7-3-5-16(6-9-19)11-17-15(22)23-16/h4,8,10H,2-3,5-7,9,11H2,1H3,(H,17,22). The molecule has 3 heterocycles. The van der Waals surface area contributed by atoms with Crippen LogP contribution in [0, 0.1) is 0 Å². The molecule has 2 saturated heterocycles. The Balaban J connectivity index is 1.72. The molecule has 0 saturated carbocycles. The number of nitrogens with one attached hydrogen (secondary N) is 1. The SMILES string of the molecule is CCn1ccc(C(=O)N2CCCC3(CC2)CNC(=O)O3)cc1=O. The zero-order valence-corrected chi connectivity index (χ0v) is 13.2. The van der Waals surface area contributed by atoms with Crippen LogP contribution in [0.2, 0.25) is 0 Å². The number of carbonyl (C=O) groups is 2. The molecule has 1 aromatic heterocycles. The van der Waals surface area contributed by atoms with E-state index in [1.807, 2.05) is 6.92 Å². The summed E-state index contributed by atoms with van der Waals surface area (Å²) in [6.07, 6.45) is 3.40. The summed E-state index contributed by atoms with van der Waals surface area (Å²) in [6, 6.07) is 3.08. The van der Waals surface area contributed by atoms with Crippen molar-refractivity contribution in [3.05, 3.63) is 34.2 Å².